The van der Waals surface area contributed by atoms with Gasteiger partial charge < -0.3 is 15.0 Å². The predicted molar refractivity (Wildman–Crippen MR) is 94.5 cm³/mol. The molecule has 1 aromatic carbocycles. The molecule has 1 atom stereocenters. The van der Waals surface area contributed by atoms with Crippen molar-refractivity contribution in [1.29, 1.82) is 0 Å². The lowest BCUT2D eigenvalue weighted by atomic mass is 10.0. The Morgan fingerprint density at radius 2 is 2.20 bits per heavy atom. The highest BCUT2D eigenvalue weighted by Gasteiger charge is 2.30. The predicted octanol–water partition coefficient (Wildman–Crippen LogP) is 2.38. The number of para-hydroxylation sites is 1. The Kier molecular flexibility index (Phi) is 4.26. The van der Waals surface area contributed by atoms with Gasteiger partial charge in [0, 0.05) is 31.5 Å². The van der Waals surface area contributed by atoms with E-state index in [1.165, 1.54) is 0 Å². The van der Waals surface area contributed by atoms with Gasteiger partial charge in [0.1, 0.15) is 24.5 Å². The average molecular weight is 338 g/mol. The van der Waals surface area contributed by atoms with Gasteiger partial charge in [-0.15, -0.1) is 0 Å². The van der Waals surface area contributed by atoms with Crippen LogP contribution < -0.4 is 10.1 Å². The summed E-state index contributed by atoms with van der Waals surface area (Å²) < 4.78 is 5.89. The minimum absolute atomic E-state index is 0.0949. The summed E-state index contributed by atoms with van der Waals surface area (Å²) in [5.41, 5.74) is 3.10. The number of likely N-dealkylation sites (tertiary alicyclic amines) is 1. The fourth-order valence-electron chi connectivity index (χ4n) is 3.56. The van der Waals surface area contributed by atoms with Crippen molar-refractivity contribution in [3.63, 3.8) is 0 Å². The van der Waals surface area contributed by atoms with E-state index < -0.39 is 0 Å². The highest BCUT2D eigenvalue weighted by atomic mass is 16.5. The lowest BCUT2D eigenvalue weighted by molar-refractivity contribution is -0.127. The number of benzene rings is 1. The van der Waals surface area contributed by atoms with Crippen LogP contribution in [0.3, 0.4) is 0 Å². The number of hydrogen-bond donors (Lipinski definition) is 1. The summed E-state index contributed by atoms with van der Waals surface area (Å²) in [5.74, 6) is 1.94. The van der Waals surface area contributed by atoms with Gasteiger partial charge in [0.15, 0.2) is 0 Å². The molecule has 3 heterocycles. The molecule has 1 N–H and O–H groups in total. The maximum atomic E-state index is 12.1. The fourth-order valence-corrected chi connectivity index (χ4v) is 3.56. The number of aromatic nitrogens is 2. The molecule has 1 saturated heterocycles. The van der Waals surface area contributed by atoms with Crippen LogP contribution in [0.15, 0.2) is 30.6 Å². The minimum Gasteiger partial charge on any atom is -0.487 e. The molecule has 6 nitrogen and oxygen atoms in total. The number of nitrogens with zero attached hydrogens (tertiary/aromatic N) is 3. The Morgan fingerprint density at radius 1 is 1.32 bits per heavy atom. The third-order valence-electron chi connectivity index (χ3n) is 4.79. The van der Waals surface area contributed by atoms with Crippen molar-refractivity contribution in [3.05, 3.63) is 47.4 Å². The number of nitrogens with one attached hydrogen (secondary N) is 1. The molecular weight excluding hydrogens is 316 g/mol. The van der Waals surface area contributed by atoms with Gasteiger partial charge in [0.25, 0.3) is 0 Å². The summed E-state index contributed by atoms with van der Waals surface area (Å²) in [6, 6.07) is 8.15. The molecule has 25 heavy (non-hydrogen) atoms. The second-order valence-electron chi connectivity index (χ2n) is 6.61. The van der Waals surface area contributed by atoms with Crippen LogP contribution in [-0.4, -0.2) is 39.9 Å². The molecule has 1 unspecified atom stereocenters. The van der Waals surface area contributed by atoms with E-state index in [4.69, 9.17) is 4.74 Å². The number of ether oxygens (including phenoxy) is 1. The van der Waals surface area contributed by atoms with E-state index >= 15 is 0 Å². The first-order valence-corrected chi connectivity index (χ1v) is 8.82. The number of carbonyl (C=O) groups is 1. The molecule has 0 radical (unpaired) electrons. The first-order valence-electron chi connectivity index (χ1n) is 8.82. The summed E-state index contributed by atoms with van der Waals surface area (Å²) in [6.45, 7) is 4.09. The molecule has 1 fully saturated rings. The van der Waals surface area contributed by atoms with E-state index in [1.54, 1.807) is 6.33 Å². The summed E-state index contributed by atoms with van der Waals surface area (Å²) in [5, 5.41) is 3.48. The Labute approximate surface area is 147 Å². The standard InChI is InChI=1S/C19H22N4O2/c1-2-7-23-10-14(9-18(23)24)22-19-15-8-13-5-3-4-6-17(13)25-11-16(15)20-12-21-19/h3-6,12,14H,2,7-11H2,1H3,(H,20,21,22). The number of fused-ring (bicyclic) bond motifs is 2. The van der Waals surface area contributed by atoms with Gasteiger partial charge in [0.05, 0.1) is 11.7 Å². The van der Waals surface area contributed by atoms with Crippen LogP contribution in [0.4, 0.5) is 5.82 Å². The molecule has 0 aliphatic carbocycles. The highest BCUT2D eigenvalue weighted by Crippen LogP contribution is 2.30. The van der Waals surface area contributed by atoms with Crippen LogP contribution in [0.5, 0.6) is 5.75 Å². The summed E-state index contributed by atoms with van der Waals surface area (Å²) in [6.07, 6.45) is 3.80. The third-order valence-corrected chi connectivity index (χ3v) is 4.79. The molecule has 130 valence electrons. The maximum Gasteiger partial charge on any atom is 0.224 e. The van der Waals surface area contributed by atoms with Gasteiger partial charge in [0.2, 0.25) is 5.91 Å². The van der Waals surface area contributed by atoms with Gasteiger partial charge in [-0.05, 0) is 18.1 Å². The smallest absolute Gasteiger partial charge is 0.224 e. The van der Waals surface area contributed by atoms with Crippen LogP contribution in [0, 0.1) is 0 Å². The maximum absolute atomic E-state index is 12.1. The first-order chi connectivity index (χ1) is 12.2. The van der Waals surface area contributed by atoms with Gasteiger partial charge in [-0.25, -0.2) is 9.97 Å². The molecule has 1 aromatic heterocycles. The normalized spacial score (nSPS) is 19.0. The fraction of sp³-hybridized carbons (Fsp3) is 0.421. The lowest BCUT2D eigenvalue weighted by Gasteiger charge is -2.18. The van der Waals surface area contributed by atoms with E-state index in [-0.39, 0.29) is 11.9 Å². The topological polar surface area (TPSA) is 67.3 Å². The molecule has 0 saturated carbocycles. The van der Waals surface area contributed by atoms with Gasteiger partial charge in [-0.1, -0.05) is 25.1 Å². The molecule has 1 amide bonds. The number of rotatable bonds is 4. The van der Waals surface area contributed by atoms with Crippen molar-refractivity contribution in [1.82, 2.24) is 14.9 Å². The van der Waals surface area contributed by atoms with Crippen molar-refractivity contribution in [2.24, 2.45) is 0 Å². The van der Waals surface area contributed by atoms with Crippen LogP contribution in [-0.2, 0) is 17.8 Å². The highest BCUT2D eigenvalue weighted by molar-refractivity contribution is 5.80. The SMILES string of the molecule is CCCN1CC(Nc2ncnc3c2Cc2ccccc2OC3)CC1=O. The van der Waals surface area contributed by atoms with Gasteiger partial charge >= 0.3 is 0 Å². The summed E-state index contributed by atoms with van der Waals surface area (Å²) in [7, 11) is 0. The molecule has 2 aliphatic heterocycles. The van der Waals surface area contributed by atoms with E-state index in [1.807, 2.05) is 23.1 Å². The summed E-state index contributed by atoms with van der Waals surface area (Å²) >= 11 is 0. The lowest BCUT2D eigenvalue weighted by Crippen LogP contribution is -2.29. The second-order valence-corrected chi connectivity index (χ2v) is 6.61. The van der Waals surface area contributed by atoms with Gasteiger partial charge in [-0.2, -0.15) is 0 Å². The molecule has 2 aliphatic rings. The van der Waals surface area contributed by atoms with Crippen LogP contribution in [0.1, 0.15) is 36.6 Å². The minimum atomic E-state index is 0.0949. The van der Waals surface area contributed by atoms with Crippen molar-refractivity contribution in [3.8, 4) is 5.75 Å². The molecule has 2 aromatic rings. The first kappa shape index (κ1) is 15.9. The van der Waals surface area contributed by atoms with Crippen molar-refractivity contribution in [2.45, 2.75) is 38.8 Å². The van der Waals surface area contributed by atoms with Crippen molar-refractivity contribution >= 4 is 11.7 Å². The average Bonchev–Trinajstić information content (AvgIpc) is 2.85. The largest absolute Gasteiger partial charge is 0.487 e. The summed E-state index contributed by atoms with van der Waals surface area (Å²) in [4.78, 5) is 22.9. The quantitative estimate of drug-likeness (QED) is 0.927. The van der Waals surface area contributed by atoms with Crippen LogP contribution >= 0.6 is 0 Å². The monoisotopic (exact) mass is 338 g/mol. The van der Waals surface area contributed by atoms with E-state index in [0.717, 1.165) is 54.3 Å². The molecular formula is C19H22N4O2. The van der Waals surface area contributed by atoms with E-state index in [2.05, 4.69) is 28.3 Å². The van der Waals surface area contributed by atoms with E-state index in [0.29, 0.717) is 13.0 Å². The number of carbonyl (C=O) groups excluding carboxylic acids is 1. The Hall–Kier alpha value is -2.63. The molecule has 4 rings (SSSR count). The Morgan fingerprint density at radius 3 is 3.08 bits per heavy atom. The Balaban J connectivity index is 1.58. The molecule has 0 spiro atoms. The zero-order valence-corrected chi connectivity index (χ0v) is 14.4. The molecule has 6 heteroatoms. The second kappa shape index (κ2) is 6.70. The van der Waals surface area contributed by atoms with Crippen molar-refractivity contribution < 1.29 is 9.53 Å². The zero-order chi connectivity index (χ0) is 17.2. The van der Waals surface area contributed by atoms with E-state index in [9.17, 15) is 4.79 Å². The Bertz CT molecular complexity index is 793. The van der Waals surface area contributed by atoms with Crippen LogP contribution in [0.2, 0.25) is 0 Å². The number of hydrogen-bond acceptors (Lipinski definition) is 5. The van der Waals surface area contributed by atoms with Crippen LogP contribution in [0.25, 0.3) is 0 Å². The van der Waals surface area contributed by atoms with Gasteiger partial charge in [-0.3, -0.25) is 4.79 Å². The van der Waals surface area contributed by atoms with Crippen molar-refractivity contribution in [2.75, 3.05) is 18.4 Å². The third kappa shape index (κ3) is 3.16. The molecule has 0 bridgehead atoms. The zero-order valence-electron chi connectivity index (χ0n) is 14.4. The number of anilines is 1. The number of amides is 1.